The number of phenols is 2. The fourth-order valence-electron chi connectivity index (χ4n) is 2.25. The lowest BCUT2D eigenvalue weighted by Gasteiger charge is -2.12. The maximum absolute atomic E-state index is 9.45. The Hall–Kier alpha value is -2.20. The largest absolute Gasteiger partial charge is 0.504 e. The number of para-hydroxylation sites is 1. The van der Waals surface area contributed by atoms with Gasteiger partial charge >= 0.3 is 0 Å². The number of phenolic OH excluding ortho intramolecular Hbond substituents is 2. The molecule has 1 unspecified atom stereocenters. The lowest BCUT2D eigenvalue weighted by molar-refractivity contribution is 0.310. The predicted octanol–water partition coefficient (Wildman–Crippen LogP) is 2.32. The summed E-state index contributed by atoms with van der Waals surface area (Å²) in [6, 6.07) is 13.0. The highest BCUT2D eigenvalue weighted by Gasteiger charge is 2.22. The van der Waals surface area contributed by atoms with Gasteiger partial charge in [-0.05, 0) is 23.8 Å². The summed E-state index contributed by atoms with van der Waals surface area (Å²) in [7, 11) is 0. The van der Waals surface area contributed by atoms with Gasteiger partial charge in [0, 0.05) is 12.1 Å². The van der Waals surface area contributed by atoms with Gasteiger partial charge in [-0.25, -0.2) is 0 Å². The van der Waals surface area contributed by atoms with Crippen LogP contribution >= 0.6 is 0 Å². The molecular formula is C15H15NO3. The minimum Gasteiger partial charge on any atom is -0.504 e. The molecule has 0 aromatic heterocycles. The molecule has 1 aliphatic heterocycles. The van der Waals surface area contributed by atoms with Crippen LogP contribution in [0.3, 0.4) is 0 Å². The van der Waals surface area contributed by atoms with Crippen molar-refractivity contribution in [3.8, 4) is 17.2 Å². The molecule has 1 aliphatic rings. The normalized spacial score (nSPS) is 16.9. The van der Waals surface area contributed by atoms with E-state index in [1.165, 1.54) is 6.07 Å². The fraction of sp³-hybridized carbons (Fsp3) is 0.200. The molecule has 0 spiro atoms. The summed E-state index contributed by atoms with van der Waals surface area (Å²) in [5, 5.41) is 22.1. The molecule has 0 saturated carbocycles. The van der Waals surface area contributed by atoms with Crippen LogP contribution in [0.25, 0.3) is 0 Å². The first-order valence-electron chi connectivity index (χ1n) is 6.20. The van der Waals surface area contributed by atoms with Gasteiger partial charge in [0.05, 0.1) is 6.04 Å². The number of ether oxygens (including phenoxy) is 1. The summed E-state index contributed by atoms with van der Waals surface area (Å²) in [4.78, 5) is 0. The second-order valence-corrected chi connectivity index (χ2v) is 4.61. The summed E-state index contributed by atoms with van der Waals surface area (Å²) < 4.78 is 5.59. The molecule has 0 radical (unpaired) electrons. The molecule has 0 fully saturated rings. The minimum absolute atomic E-state index is 0.0950. The van der Waals surface area contributed by atoms with E-state index in [-0.39, 0.29) is 17.5 Å². The van der Waals surface area contributed by atoms with E-state index in [4.69, 9.17) is 4.74 Å². The third kappa shape index (κ3) is 2.35. The zero-order chi connectivity index (χ0) is 13.2. The van der Waals surface area contributed by atoms with Gasteiger partial charge < -0.3 is 20.3 Å². The molecule has 1 atom stereocenters. The van der Waals surface area contributed by atoms with Gasteiger partial charge in [-0.15, -0.1) is 0 Å². The van der Waals surface area contributed by atoms with Crippen LogP contribution in [0.1, 0.15) is 17.2 Å². The van der Waals surface area contributed by atoms with Gasteiger partial charge in [0.25, 0.3) is 0 Å². The molecule has 0 bridgehead atoms. The van der Waals surface area contributed by atoms with Crippen molar-refractivity contribution in [1.82, 2.24) is 5.32 Å². The molecule has 0 saturated heterocycles. The zero-order valence-electron chi connectivity index (χ0n) is 10.3. The van der Waals surface area contributed by atoms with Gasteiger partial charge in [0.15, 0.2) is 11.5 Å². The maximum Gasteiger partial charge on any atom is 0.157 e. The molecular weight excluding hydrogens is 242 g/mol. The number of benzene rings is 2. The van der Waals surface area contributed by atoms with Gasteiger partial charge in [0.1, 0.15) is 12.4 Å². The van der Waals surface area contributed by atoms with Crippen molar-refractivity contribution in [3.05, 3.63) is 53.6 Å². The lowest BCUT2D eigenvalue weighted by Crippen LogP contribution is -2.21. The van der Waals surface area contributed by atoms with Crippen molar-refractivity contribution in [1.29, 1.82) is 0 Å². The van der Waals surface area contributed by atoms with Crippen LogP contribution in [-0.4, -0.2) is 16.8 Å². The van der Waals surface area contributed by atoms with E-state index in [2.05, 4.69) is 5.32 Å². The Morgan fingerprint density at radius 1 is 1.11 bits per heavy atom. The van der Waals surface area contributed by atoms with Crippen LogP contribution in [0.15, 0.2) is 42.5 Å². The van der Waals surface area contributed by atoms with Crippen LogP contribution in [-0.2, 0) is 6.54 Å². The number of rotatable bonds is 3. The summed E-state index contributed by atoms with van der Waals surface area (Å²) in [5.41, 5.74) is 2.07. The molecule has 3 rings (SSSR count). The third-order valence-electron chi connectivity index (χ3n) is 3.29. The minimum atomic E-state index is -0.0988. The SMILES string of the molecule is Oc1ccc(CNC2COc3ccccc32)cc1O. The maximum atomic E-state index is 9.45. The molecule has 4 nitrogen and oxygen atoms in total. The average Bonchev–Trinajstić information content (AvgIpc) is 2.83. The topological polar surface area (TPSA) is 61.7 Å². The molecule has 2 aromatic carbocycles. The van der Waals surface area contributed by atoms with E-state index in [1.807, 2.05) is 24.3 Å². The summed E-state index contributed by atoms with van der Waals surface area (Å²) >= 11 is 0. The summed E-state index contributed by atoms with van der Waals surface area (Å²) in [5.74, 6) is 0.731. The van der Waals surface area contributed by atoms with Gasteiger partial charge in [-0.2, -0.15) is 0 Å². The smallest absolute Gasteiger partial charge is 0.157 e. The Balaban J connectivity index is 1.69. The van der Waals surface area contributed by atoms with Crippen LogP contribution in [0, 0.1) is 0 Å². The van der Waals surface area contributed by atoms with E-state index < -0.39 is 0 Å². The van der Waals surface area contributed by atoms with Crippen molar-refractivity contribution in [3.63, 3.8) is 0 Å². The second kappa shape index (κ2) is 4.82. The van der Waals surface area contributed by atoms with E-state index >= 15 is 0 Å². The van der Waals surface area contributed by atoms with Gasteiger partial charge in [-0.3, -0.25) is 0 Å². The predicted molar refractivity (Wildman–Crippen MR) is 71.3 cm³/mol. The Labute approximate surface area is 111 Å². The molecule has 1 heterocycles. The number of nitrogens with one attached hydrogen (secondary N) is 1. The Morgan fingerprint density at radius 3 is 2.79 bits per heavy atom. The Bertz CT molecular complexity index is 598. The zero-order valence-corrected chi connectivity index (χ0v) is 10.3. The van der Waals surface area contributed by atoms with Crippen LogP contribution in [0.2, 0.25) is 0 Å². The van der Waals surface area contributed by atoms with E-state index in [0.29, 0.717) is 13.2 Å². The number of fused-ring (bicyclic) bond motifs is 1. The van der Waals surface area contributed by atoms with E-state index in [1.54, 1.807) is 12.1 Å². The molecule has 0 amide bonds. The molecule has 19 heavy (non-hydrogen) atoms. The Kier molecular flexibility index (Phi) is 3.01. The third-order valence-corrected chi connectivity index (χ3v) is 3.29. The summed E-state index contributed by atoms with van der Waals surface area (Å²) in [6.07, 6.45) is 0. The van der Waals surface area contributed by atoms with Gasteiger partial charge in [-0.1, -0.05) is 24.3 Å². The van der Waals surface area contributed by atoms with Crippen molar-refractivity contribution < 1.29 is 14.9 Å². The number of hydrogen-bond donors (Lipinski definition) is 3. The molecule has 3 N–H and O–H groups in total. The van der Waals surface area contributed by atoms with E-state index in [9.17, 15) is 10.2 Å². The van der Waals surface area contributed by atoms with Crippen molar-refractivity contribution in [2.24, 2.45) is 0 Å². The Morgan fingerprint density at radius 2 is 1.95 bits per heavy atom. The van der Waals surface area contributed by atoms with Crippen LogP contribution < -0.4 is 10.1 Å². The molecule has 4 heteroatoms. The molecule has 0 aliphatic carbocycles. The molecule has 98 valence electrons. The summed E-state index contributed by atoms with van der Waals surface area (Å²) in [6.45, 7) is 1.22. The van der Waals surface area contributed by atoms with Crippen LogP contribution in [0.4, 0.5) is 0 Å². The lowest BCUT2D eigenvalue weighted by atomic mass is 10.1. The van der Waals surface area contributed by atoms with Crippen molar-refractivity contribution >= 4 is 0 Å². The highest BCUT2D eigenvalue weighted by molar-refractivity contribution is 5.41. The number of aromatic hydroxyl groups is 2. The van der Waals surface area contributed by atoms with Crippen molar-refractivity contribution in [2.45, 2.75) is 12.6 Å². The van der Waals surface area contributed by atoms with E-state index in [0.717, 1.165) is 16.9 Å². The quantitative estimate of drug-likeness (QED) is 0.738. The number of hydrogen-bond acceptors (Lipinski definition) is 4. The second-order valence-electron chi connectivity index (χ2n) is 4.61. The van der Waals surface area contributed by atoms with Gasteiger partial charge in [0.2, 0.25) is 0 Å². The highest BCUT2D eigenvalue weighted by Crippen LogP contribution is 2.32. The molecule has 2 aromatic rings. The first-order chi connectivity index (χ1) is 9.24. The average molecular weight is 257 g/mol. The first-order valence-corrected chi connectivity index (χ1v) is 6.20. The monoisotopic (exact) mass is 257 g/mol. The van der Waals surface area contributed by atoms with Crippen molar-refractivity contribution in [2.75, 3.05) is 6.61 Å². The van der Waals surface area contributed by atoms with Crippen LogP contribution in [0.5, 0.6) is 17.2 Å². The highest BCUT2D eigenvalue weighted by atomic mass is 16.5. The fourth-order valence-corrected chi connectivity index (χ4v) is 2.25. The standard InChI is InChI=1S/C15H15NO3/c17-13-6-5-10(7-14(13)18)8-16-12-9-19-15-4-2-1-3-11(12)15/h1-7,12,16-18H,8-9H2. The first kappa shape index (κ1) is 11.9.